The number of halogens is 1. The van der Waals surface area contributed by atoms with Crippen molar-refractivity contribution in [2.75, 3.05) is 0 Å². The van der Waals surface area contributed by atoms with Gasteiger partial charge >= 0.3 is 7.12 Å². The molecule has 6 nitrogen and oxygen atoms in total. The molecule has 1 heterocycles. The first-order valence-corrected chi connectivity index (χ1v) is 15.0. The van der Waals surface area contributed by atoms with Gasteiger partial charge in [0.2, 0.25) is 5.91 Å². The maximum Gasteiger partial charge on any atom is 0.481 e. The minimum absolute atomic E-state index is 0.00249. The van der Waals surface area contributed by atoms with Crippen molar-refractivity contribution in [2.24, 2.45) is 29.1 Å². The molecule has 2 aromatic rings. The van der Waals surface area contributed by atoms with Crippen molar-refractivity contribution in [3.8, 4) is 11.1 Å². The van der Waals surface area contributed by atoms with Crippen LogP contribution in [0, 0.1) is 34.9 Å². The third kappa shape index (κ3) is 5.63. The van der Waals surface area contributed by atoms with Crippen LogP contribution in [0.3, 0.4) is 0 Å². The van der Waals surface area contributed by atoms with Crippen LogP contribution < -0.4 is 5.32 Å². The summed E-state index contributed by atoms with van der Waals surface area (Å²) >= 11 is 0. The van der Waals surface area contributed by atoms with Gasteiger partial charge in [-0.15, -0.1) is 0 Å². The number of Topliss-reactive ketones (excluding diaryl/α,β-unsaturated/α-hetero) is 1. The Hall–Kier alpha value is -2.55. The number of benzene rings is 2. The largest absolute Gasteiger partial charge is 0.481 e. The zero-order chi connectivity index (χ0) is 29.7. The summed E-state index contributed by atoms with van der Waals surface area (Å²) in [5, 5.41) is 13.7. The normalized spacial score (nSPS) is 28.4. The van der Waals surface area contributed by atoms with E-state index in [1.54, 1.807) is 42.5 Å². The van der Waals surface area contributed by atoms with E-state index in [9.17, 15) is 19.1 Å². The van der Waals surface area contributed by atoms with Gasteiger partial charge in [-0.2, -0.15) is 0 Å². The van der Waals surface area contributed by atoms with Crippen molar-refractivity contribution in [1.82, 2.24) is 5.32 Å². The molecule has 0 spiro atoms. The molecule has 0 aromatic heterocycles. The lowest BCUT2D eigenvalue weighted by Gasteiger charge is -2.64. The first kappa shape index (κ1) is 29.9. The second-order valence-electron chi connectivity index (χ2n) is 13.6. The average molecular weight is 564 g/mol. The molecule has 0 unspecified atom stereocenters. The number of carbonyl (C=O) groups is 2. The lowest BCUT2D eigenvalue weighted by molar-refractivity contribution is -0.199. The predicted octanol–water partition coefficient (Wildman–Crippen LogP) is 5.86. The molecular weight excluding hydrogens is 520 g/mol. The Kier molecular flexibility index (Phi) is 8.23. The molecule has 3 saturated carbocycles. The molecule has 41 heavy (non-hydrogen) atoms. The van der Waals surface area contributed by atoms with Gasteiger partial charge in [0.15, 0.2) is 5.78 Å². The Morgan fingerprint density at radius 1 is 1.07 bits per heavy atom. The maximum absolute atomic E-state index is 14.2. The lowest BCUT2D eigenvalue weighted by atomic mass is 9.43. The van der Waals surface area contributed by atoms with E-state index in [-0.39, 0.29) is 41.4 Å². The van der Waals surface area contributed by atoms with Crippen molar-refractivity contribution >= 4 is 18.8 Å². The topological polar surface area (TPSA) is 84.9 Å². The van der Waals surface area contributed by atoms with Crippen LogP contribution >= 0.6 is 0 Å². The van der Waals surface area contributed by atoms with Gasteiger partial charge < -0.3 is 19.7 Å². The quantitative estimate of drug-likeness (QED) is 0.280. The average Bonchev–Trinajstić information content (AvgIpc) is 3.28. The fraction of sp³-hybridized carbons (Fsp3) is 0.576. The van der Waals surface area contributed by atoms with E-state index in [1.807, 2.05) is 0 Å². The molecule has 6 rings (SSSR count). The van der Waals surface area contributed by atoms with Gasteiger partial charge in [-0.3, -0.25) is 9.59 Å². The number of carbonyl (C=O) groups excluding carboxylic acids is 2. The SMILES string of the molecule is CC(C)C[C@H](NC(=O)[C@@H](CC(=O)c1ccc(-c2ccccc2F)cc1)[C@@H](C)O)B1O[C@@H]2C[C@@H]3C[C@@H](C3(C)C)[C@]2(C)O1. The number of hydrogen-bond acceptors (Lipinski definition) is 5. The van der Waals surface area contributed by atoms with Crippen LogP contribution in [0.2, 0.25) is 0 Å². The smallest absolute Gasteiger partial charge is 0.404 e. The summed E-state index contributed by atoms with van der Waals surface area (Å²) in [4.78, 5) is 26.8. The van der Waals surface area contributed by atoms with E-state index in [2.05, 4.69) is 39.9 Å². The minimum Gasteiger partial charge on any atom is -0.404 e. The van der Waals surface area contributed by atoms with E-state index in [0.29, 0.717) is 34.9 Å². The molecule has 2 aromatic carbocycles. The van der Waals surface area contributed by atoms with Crippen LogP contribution in [-0.4, -0.2) is 47.7 Å². The Bertz CT molecular complexity index is 1280. The molecule has 2 bridgehead atoms. The predicted molar refractivity (Wildman–Crippen MR) is 157 cm³/mol. The van der Waals surface area contributed by atoms with Crippen LogP contribution in [0.1, 0.15) is 77.6 Å². The zero-order valence-electron chi connectivity index (χ0n) is 25.0. The number of aliphatic hydroxyl groups is 1. The van der Waals surface area contributed by atoms with E-state index in [4.69, 9.17) is 9.31 Å². The van der Waals surface area contributed by atoms with Crippen molar-refractivity contribution in [2.45, 2.75) is 91.0 Å². The minimum atomic E-state index is -1.03. The summed E-state index contributed by atoms with van der Waals surface area (Å²) in [6.45, 7) is 12.5. The van der Waals surface area contributed by atoms with E-state index < -0.39 is 30.7 Å². The van der Waals surface area contributed by atoms with Gasteiger partial charge in [0.05, 0.1) is 29.7 Å². The molecule has 0 radical (unpaired) electrons. The molecule has 220 valence electrons. The molecule has 1 aliphatic heterocycles. The van der Waals surface area contributed by atoms with Crippen LogP contribution in [0.25, 0.3) is 11.1 Å². The number of hydrogen-bond donors (Lipinski definition) is 2. The number of amides is 1. The molecule has 8 heteroatoms. The highest BCUT2D eigenvalue weighted by atomic mass is 19.1. The Balaban J connectivity index is 1.27. The highest BCUT2D eigenvalue weighted by Crippen LogP contribution is 2.65. The standard InChI is InChI=1S/C33H43BFNO5/c1-19(2)15-30(34-40-29-17-23-16-28(32(23,4)5)33(29,6)41-34)36-31(39)25(20(3)37)18-27(38)22-13-11-21(12-14-22)24-9-7-8-10-26(24)35/h7-14,19-20,23,25,28-30,37H,15-18H2,1-6H3,(H,36,39)/t20-,23+,25+,28+,29-,30+,33+/m1/s1. The third-order valence-corrected chi connectivity index (χ3v) is 10.1. The molecule has 1 saturated heterocycles. The van der Waals surface area contributed by atoms with Gasteiger partial charge in [0.1, 0.15) is 5.82 Å². The molecule has 3 aliphatic carbocycles. The lowest BCUT2D eigenvalue weighted by Crippen LogP contribution is -2.65. The van der Waals surface area contributed by atoms with Crippen LogP contribution in [0.15, 0.2) is 48.5 Å². The van der Waals surface area contributed by atoms with Crippen molar-refractivity contribution in [3.05, 3.63) is 59.9 Å². The van der Waals surface area contributed by atoms with E-state index >= 15 is 0 Å². The summed E-state index contributed by atoms with van der Waals surface area (Å²) in [6, 6.07) is 13.1. The Labute approximate surface area is 243 Å². The van der Waals surface area contributed by atoms with E-state index in [1.165, 1.54) is 13.0 Å². The molecule has 4 aliphatic rings. The van der Waals surface area contributed by atoms with Gasteiger partial charge in [0.25, 0.3) is 0 Å². The fourth-order valence-electron chi connectivity index (χ4n) is 7.44. The third-order valence-electron chi connectivity index (χ3n) is 10.1. The second-order valence-corrected chi connectivity index (χ2v) is 13.6. The molecule has 7 atom stereocenters. The van der Waals surface area contributed by atoms with Crippen LogP contribution in [0.4, 0.5) is 4.39 Å². The first-order chi connectivity index (χ1) is 19.3. The summed E-state index contributed by atoms with van der Waals surface area (Å²) < 4.78 is 27.3. The highest BCUT2D eigenvalue weighted by Gasteiger charge is 2.68. The fourth-order valence-corrected chi connectivity index (χ4v) is 7.44. The van der Waals surface area contributed by atoms with Crippen molar-refractivity contribution < 1.29 is 28.4 Å². The second kappa shape index (κ2) is 11.3. The van der Waals surface area contributed by atoms with Gasteiger partial charge in [-0.1, -0.05) is 70.2 Å². The summed E-state index contributed by atoms with van der Waals surface area (Å²) in [7, 11) is -0.581. The molecule has 1 amide bonds. The first-order valence-electron chi connectivity index (χ1n) is 15.0. The Morgan fingerprint density at radius 2 is 1.76 bits per heavy atom. The highest BCUT2D eigenvalue weighted by molar-refractivity contribution is 6.47. The van der Waals surface area contributed by atoms with Gasteiger partial charge in [-0.05, 0) is 67.9 Å². The van der Waals surface area contributed by atoms with Gasteiger partial charge in [0, 0.05) is 17.5 Å². The van der Waals surface area contributed by atoms with Crippen LogP contribution in [0.5, 0.6) is 0 Å². The zero-order valence-corrected chi connectivity index (χ0v) is 25.0. The molecule has 2 N–H and O–H groups in total. The number of ketones is 1. The van der Waals surface area contributed by atoms with Crippen molar-refractivity contribution in [1.29, 1.82) is 0 Å². The number of nitrogens with one attached hydrogen (secondary N) is 1. The van der Waals surface area contributed by atoms with Crippen molar-refractivity contribution in [3.63, 3.8) is 0 Å². The summed E-state index contributed by atoms with van der Waals surface area (Å²) in [5.41, 5.74) is 1.34. The monoisotopic (exact) mass is 563 g/mol. The molecule has 4 fully saturated rings. The molecular formula is C33H43BFNO5. The summed E-state index contributed by atoms with van der Waals surface area (Å²) in [6.07, 6.45) is 1.56. The number of aliphatic hydroxyl groups excluding tert-OH is 1. The Morgan fingerprint density at radius 3 is 2.37 bits per heavy atom. The van der Waals surface area contributed by atoms with Crippen LogP contribution in [-0.2, 0) is 14.1 Å². The van der Waals surface area contributed by atoms with E-state index in [0.717, 1.165) is 12.8 Å². The number of rotatable bonds is 10. The van der Waals surface area contributed by atoms with Gasteiger partial charge in [-0.25, -0.2) is 4.39 Å². The summed E-state index contributed by atoms with van der Waals surface area (Å²) in [5.74, 6) is -1.02. The maximum atomic E-state index is 14.2.